The van der Waals surface area contributed by atoms with Gasteiger partial charge in [0.1, 0.15) is 5.82 Å². The largest absolute Gasteiger partial charge is 0.300 e. The van der Waals surface area contributed by atoms with E-state index in [0.717, 1.165) is 41.6 Å². The average Bonchev–Trinajstić information content (AvgIpc) is 3.09. The minimum atomic E-state index is -0.229. The first-order valence-corrected chi connectivity index (χ1v) is 10.3. The molecule has 1 aromatic heterocycles. The summed E-state index contributed by atoms with van der Waals surface area (Å²) in [7, 11) is 0. The Morgan fingerprint density at radius 2 is 2.23 bits per heavy atom. The predicted molar refractivity (Wildman–Crippen MR) is 104 cm³/mol. The fourth-order valence-electron chi connectivity index (χ4n) is 2.92. The first kappa shape index (κ1) is 19.0. The van der Waals surface area contributed by atoms with Gasteiger partial charge >= 0.3 is 0 Å². The molecule has 2 heterocycles. The summed E-state index contributed by atoms with van der Waals surface area (Å²) in [5.41, 5.74) is 1.06. The highest BCUT2D eigenvalue weighted by Gasteiger charge is 2.26. The molecule has 0 spiro atoms. The van der Waals surface area contributed by atoms with E-state index >= 15 is 0 Å². The second-order valence-corrected chi connectivity index (χ2v) is 8.41. The van der Waals surface area contributed by atoms with Crippen LogP contribution >= 0.6 is 23.1 Å². The molecule has 1 aromatic carbocycles. The van der Waals surface area contributed by atoms with Crippen LogP contribution in [0.15, 0.2) is 41.3 Å². The lowest BCUT2D eigenvalue weighted by atomic mass is 9.97. The number of rotatable bonds is 7. The van der Waals surface area contributed by atoms with Crippen LogP contribution in [0, 0.1) is 11.7 Å². The van der Waals surface area contributed by atoms with Crippen molar-refractivity contribution in [2.45, 2.75) is 23.7 Å². The van der Waals surface area contributed by atoms with Crippen LogP contribution < -0.4 is 5.32 Å². The minimum absolute atomic E-state index is 0.00905. The van der Waals surface area contributed by atoms with Crippen molar-refractivity contribution in [1.82, 2.24) is 15.1 Å². The van der Waals surface area contributed by atoms with Crippen LogP contribution in [0.25, 0.3) is 0 Å². The molecule has 1 N–H and O–H groups in total. The van der Waals surface area contributed by atoms with Crippen LogP contribution in [0.5, 0.6) is 0 Å². The highest BCUT2D eigenvalue weighted by atomic mass is 32.2. The Labute approximate surface area is 160 Å². The highest BCUT2D eigenvalue weighted by Crippen LogP contribution is 2.26. The molecule has 0 bridgehead atoms. The summed E-state index contributed by atoms with van der Waals surface area (Å²) < 4.78 is 13.8. The van der Waals surface area contributed by atoms with Gasteiger partial charge in [-0.2, -0.15) is 0 Å². The van der Waals surface area contributed by atoms with Crippen LogP contribution in [0.1, 0.15) is 18.4 Å². The quantitative estimate of drug-likeness (QED) is 0.441. The third-order valence-corrected chi connectivity index (χ3v) is 6.12. The summed E-state index contributed by atoms with van der Waals surface area (Å²) in [6, 6.07) is 6.53. The van der Waals surface area contributed by atoms with Crippen LogP contribution in [-0.4, -0.2) is 39.8 Å². The van der Waals surface area contributed by atoms with Gasteiger partial charge in [0.05, 0.1) is 5.92 Å². The van der Waals surface area contributed by atoms with Crippen LogP contribution in [0.2, 0.25) is 0 Å². The maximum atomic E-state index is 13.0. The van der Waals surface area contributed by atoms with E-state index in [4.69, 9.17) is 0 Å². The van der Waals surface area contributed by atoms with E-state index in [2.05, 4.69) is 27.0 Å². The van der Waals surface area contributed by atoms with E-state index in [9.17, 15) is 9.18 Å². The number of anilines is 1. The standard InChI is InChI=1S/C18H21FN4OS2/c1-2-10-25-18-22-21-17(26-18)20-16(24)14-4-3-9-23(12-14)11-13-5-7-15(19)8-6-13/h2,5-8,14H,1,3-4,9-12H2,(H,20,21,24)/t14-/m0/s1. The van der Waals surface area contributed by atoms with Crippen molar-refractivity contribution in [3.05, 3.63) is 48.3 Å². The molecular weight excluding hydrogens is 371 g/mol. The normalized spacial score (nSPS) is 17.8. The summed E-state index contributed by atoms with van der Waals surface area (Å²) in [6.07, 6.45) is 3.64. The van der Waals surface area contributed by atoms with Crippen molar-refractivity contribution in [2.24, 2.45) is 5.92 Å². The molecule has 0 aliphatic carbocycles. The Morgan fingerprint density at radius 1 is 1.42 bits per heavy atom. The molecule has 0 radical (unpaired) electrons. The Morgan fingerprint density at radius 3 is 3.00 bits per heavy atom. The first-order valence-electron chi connectivity index (χ1n) is 8.49. The summed E-state index contributed by atoms with van der Waals surface area (Å²) in [5, 5.41) is 11.5. The number of carbonyl (C=O) groups excluding carboxylic acids is 1. The lowest BCUT2D eigenvalue weighted by Crippen LogP contribution is -2.40. The molecule has 0 unspecified atom stereocenters. The van der Waals surface area contributed by atoms with Gasteiger partial charge in [0.25, 0.3) is 0 Å². The lowest BCUT2D eigenvalue weighted by Gasteiger charge is -2.31. The van der Waals surface area contributed by atoms with E-state index < -0.39 is 0 Å². The van der Waals surface area contributed by atoms with Gasteiger partial charge in [-0.25, -0.2) is 4.39 Å². The van der Waals surface area contributed by atoms with Gasteiger partial charge in [0.15, 0.2) is 4.34 Å². The van der Waals surface area contributed by atoms with Crippen molar-refractivity contribution >= 4 is 34.1 Å². The zero-order valence-electron chi connectivity index (χ0n) is 14.4. The number of aromatic nitrogens is 2. The molecule has 138 valence electrons. The summed E-state index contributed by atoms with van der Waals surface area (Å²) in [5.74, 6) is 0.457. The second-order valence-electron chi connectivity index (χ2n) is 6.16. The van der Waals surface area contributed by atoms with Crippen molar-refractivity contribution in [3.8, 4) is 0 Å². The van der Waals surface area contributed by atoms with Gasteiger partial charge in [-0.05, 0) is 37.1 Å². The molecule has 3 rings (SSSR count). The van der Waals surface area contributed by atoms with E-state index in [1.165, 1.54) is 23.5 Å². The average molecular weight is 393 g/mol. The molecule has 5 nitrogen and oxygen atoms in total. The number of thioether (sulfide) groups is 1. The fraction of sp³-hybridized carbons (Fsp3) is 0.389. The number of likely N-dealkylation sites (tertiary alicyclic amines) is 1. The van der Waals surface area contributed by atoms with Crippen molar-refractivity contribution < 1.29 is 9.18 Å². The third kappa shape index (κ3) is 5.36. The van der Waals surface area contributed by atoms with E-state index in [-0.39, 0.29) is 17.6 Å². The maximum Gasteiger partial charge on any atom is 0.230 e. The molecule has 8 heteroatoms. The maximum absolute atomic E-state index is 13.0. The molecule has 26 heavy (non-hydrogen) atoms. The number of hydrogen-bond donors (Lipinski definition) is 1. The zero-order valence-corrected chi connectivity index (χ0v) is 16.0. The molecule has 1 fully saturated rings. The van der Waals surface area contributed by atoms with Crippen LogP contribution in [-0.2, 0) is 11.3 Å². The van der Waals surface area contributed by atoms with Crippen molar-refractivity contribution in [1.29, 1.82) is 0 Å². The van der Waals surface area contributed by atoms with Gasteiger partial charge in [-0.15, -0.1) is 16.8 Å². The van der Waals surface area contributed by atoms with E-state index in [1.54, 1.807) is 23.9 Å². The summed E-state index contributed by atoms with van der Waals surface area (Å²) in [6.45, 7) is 6.04. The monoisotopic (exact) mass is 392 g/mol. The van der Waals surface area contributed by atoms with Gasteiger partial charge in [-0.3, -0.25) is 9.69 Å². The van der Waals surface area contributed by atoms with Gasteiger partial charge in [0.2, 0.25) is 11.0 Å². The number of hydrogen-bond acceptors (Lipinski definition) is 6. The highest BCUT2D eigenvalue weighted by molar-refractivity contribution is 8.01. The van der Waals surface area contributed by atoms with E-state index in [0.29, 0.717) is 11.7 Å². The number of halogens is 1. The summed E-state index contributed by atoms with van der Waals surface area (Å²) >= 11 is 2.93. The number of piperidine rings is 1. The van der Waals surface area contributed by atoms with Crippen LogP contribution in [0.4, 0.5) is 9.52 Å². The molecular formula is C18H21FN4OS2. The van der Waals surface area contributed by atoms with Crippen LogP contribution in [0.3, 0.4) is 0 Å². The number of amides is 1. The second kappa shape index (κ2) is 9.25. The minimum Gasteiger partial charge on any atom is -0.300 e. The third-order valence-electron chi connectivity index (χ3n) is 4.16. The number of benzene rings is 1. The smallest absolute Gasteiger partial charge is 0.230 e. The Kier molecular flexibility index (Phi) is 6.76. The molecule has 2 aromatic rings. The first-order chi connectivity index (χ1) is 12.6. The molecule has 1 atom stereocenters. The van der Waals surface area contributed by atoms with Crippen molar-refractivity contribution in [2.75, 3.05) is 24.2 Å². The van der Waals surface area contributed by atoms with E-state index in [1.807, 2.05) is 6.08 Å². The van der Waals surface area contributed by atoms with Gasteiger partial charge in [-0.1, -0.05) is 41.3 Å². The summed E-state index contributed by atoms with van der Waals surface area (Å²) in [4.78, 5) is 14.8. The Bertz CT molecular complexity index is 750. The molecule has 1 aliphatic heterocycles. The topological polar surface area (TPSA) is 58.1 Å². The van der Waals surface area contributed by atoms with Gasteiger partial charge < -0.3 is 5.32 Å². The molecule has 1 saturated heterocycles. The SMILES string of the molecule is C=CCSc1nnc(NC(=O)[C@H]2CCCN(Cc3ccc(F)cc3)C2)s1. The predicted octanol–water partition coefficient (Wildman–Crippen LogP) is 3.81. The van der Waals surface area contributed by atoms with Crippen molar-refractivity contribution in [3.63, 3.8) is 0 Å². The lowest BCUT2D eigenvalue weighted by molar-refractivity contribution is -0.121. The Balaban J connectivity index is 1.53. The fourth-order valence-corrected chi connectivity index (χ4v) is 4.43. The molecule has 0 saturated carbocycles. The van der Waals surface area contributed by atoms with Gasteiger partial charge in [0, 0.05) is 18.8 Å². The number of nitrogens with zero attached hydrogens (tertiary/aromatic N) is 3. The Hall–Kier alpha value is -1.77. The number of nitrogens with one attached hydrogen (secondary N) is 1. The molecule has 1 amide bonds. The zero-order chi connectivity index (χ0) is 18.4. The number of carbonyl (C=O) groups is 1. The molecule has 1 aliphatic rings.